The lowest BCUT2D eigenvalue weighted by molar-refractivity contribution is -0.139. The summed E-state index contributed by atoms with van der Waals surface area (Å²) >= 11 is 1.63. The van der Waals surface area contributed by atoms with Crippen LogP contribution in [0.15, 0.2) is 18.2 Å². The number of hydrogen-bond acceptors (Lipinski definition) is 4. The molecule has 2 aliphatic rings. The quantitative estimate of drug-likeness (QED) is 0.920. The standard InChI is InChI=1S/C17H22N2O3S/c1-11-3-4-14(12(2)7-11)18-16(20)15-9-23-10-19(15)17(21)13-5-6-22-8-13/h3-4,7,13,15H,5-6,8-10H2,1-2H3,(H,18,20)/t13-,15-/m1/s1. The van der Waals surface area contributed by atoms with Crippen LogP contribution in [-0.4, -0.2) is 47.6 Å². The highest BCUT2D eigenvalue weighted by atomic mass is 32.2. The second kappa shape index (κ2) is 6.93. The molecule has 2 fully saturated rings. The fourth-order valence-corrected chi connectivity index (χ4v) is 4.17. The van der Waals surface area contributed by atoms with Crippen LogP contribution in [0.2, 0.25) is 0 Å². The van der Waals surface area contributed by atoms with Crippen molar-refractivity contribution >= 4 is 29.3 Å². The highest BCUT2D eigenvalue weighted by Gasteiger charge is 2.38. The molecule has 2 saturated heterocycles. The molecule has 1 N–H and O–H groups in total. The first-order valence-electron chi connectivity index (χ1n) is 7.90. The lowest BCUT2D eigenvalue weighted by atomic mass is 10.1. The molecule has 0 radical (unpaired) electrons. The van der Waals surface area contributed by atoms with Crippen LogP contribution in [0.4, 0.5) is 5.69 Å². The maximum Gasteiger partial charge on any atom is 0.248 e. The van der Waals surface area contributed by atoms with Crippen LogP contribution in [-0.2, 0) is 14.3 Å². The Morgan fingerprint density at radius 3 is 2.87 bits per heavy atom. The lowest BCUT2D eigenvalue weighted by Gasteiger charge is -2.25. The van der Waals surface area contributed by atoms with Gasteiger partial charge < -0.3 is 15.0 Å². The maximum absolute atomic E-state index is 12.6. The van der Waals surface area contributed by atoms with E-state index in [2.05, 4.69) is 5.32 Å². The minimum Gasteiger partial charge on any atom is -0.381 e. The van der Waals surface area contributed by atoms with Crippen molar-refractivity contribution in [2.45, 2.75) is 26.3 Å². The van der Waals surface area contributed by atoms with Crippen molar-refractivity contribution < 1.29 is 14.3 Å². The molecule has 0 saturated carbocycles. The van der Waals surface area contributed by atoms with Crippen molar-refractivity contribution in [2.24, 2.45) is 5.92 Å². The number of rotatable bonds is 3. The Labute approximate surface area is 140 Å². The molecule has 2 aliphatic heterocycles. The summed E-state index contributed by atoms with van der Waals surface area (Å²) in [4.78, 5) is 26.9. The maximum atomic E-state index is 12.6. The summed E-state index contributed by atoms with van der Waals surface area (Å²) in [6, 6.07) is 5.54. The van der Waals surface area contributed by atoms with E-state index >= 15 is 0 Å². The highest BCUT2D eigenvalue weighted by Crippen LogP contribution is 2.27. The van der Waals surface area contributed by atoms with Gasteiger partial charge in [-0.2, -0.15) is 0 Å². The summed E-state index contributed by atoms with van der Waals surface area (Å²) in [5, 5.41) is 2.98. The number of carbonyl (C=O) groups is 2. The van der Waals surface area contributed by atoms with Gasteiger partial charge in [-0.15, -0.1) is 11.8 Å². The van der Waals surface area contributed by atoms with Crippen molar-refractivity contribution in [1.29, 1.82) is 0 Å². The summed E-state index contributed by atoms with van der Waals surface area (Å²) in [5.74, 6) is 1.09. The van der Waals surface area contributed by atoms with E-state index < -0.39 is 6.04 Å². The topological polar surface area (TPSA) is 58.6 Å². The van der Waals surface area contributed by atoms with Crippen molar-refractivity contribution in [3.05, 3.63) is 29.3 Å². The number of aryl methyl sites for hydroxylation is 2. The third-order valence-electron chi connectivity index (χ3n) is 4.39. The van der Waals surface area contributed by atoms with E-state index in [1.165, 1.54) is 0 Å². The van der Waals surface area contributed by atoms with Crippen molar-refractivity contribution in [3.8, 4) is 0 Å². The number of thioether (sulfide) groups is 1. The Kier molecular flexibility index (Phi) is 4.92. The van der Waals surface area contributed by atoms with E-state index in [0.29, 0.717) is 24.8 Å². The van der Waals surface area contributed by atoms with Crippen LogP contribution in [0.3, 0.4) is 0 Å². The Morgan fingerprint density at radius 2 is 2.17 bits per heavy atom. The number of nitrogens with one attached hydrogen (secondary N) is 1. The molecule has 23 heavy (non-hydrogen) atoms. The summed E-state index contributed by atoms with van der Waals surface area (Å²) in [7, 11) is 0. The molecule has 0 unspecified atom stereocenters. The predicted octanol–water partition coefficient (Wildman–Crippen LogP) is 2.18. The van der Waals surface area contributed by atoms with Gasteiger partial charge in [0.15, 0.2) is 0 Å². The minimum absolute atomic E-state index is 0.0493. The van der Waals surface area contributed by atoms with Gasteiger partial charge in [-0.3, -0.25) is 9.59 Å². The van der Waals surface area contributed by atoms with Gasteiger partial charge in [0, 0.05) is 18.0 Å². The van der Waals surface area contributed by atoms with Crippen LogP contribution < -0.4 is 5.32 Å². The Hall–Kier alpha value is -1.53. The van der Waals surface area contributed by atoms with Crippen molar-refractivity contribution in [3.63, 3.8) is 0 Å². The van der Waals surface area contributed by atoms with Gasteiger partial charge in [0.2, 0.25) is 11.8 Å². The largest absolute Gasteiger partial charge is 0.381 e. The molecule has 2 atom stereocenters. The Bertz CT molecular complexity index is 614. The second-order valence-corrected chi connectivity index (χ2v) is 7.19. The first kappa shape index (κ1) is 16.3. The third-order valence-corrected chi connectivity index (χ3v) is 5.40. The number of anilines is 1. The normalized spacial score (nSPS) is 24.0. The number of hydrogen-bond donors (Lipinski definition) is 1. The zero-order chi connectivity index (χ0) is 16.4. The number of amides is 2. The van der Waals surface area contributed by atoms with E-state index in [9.17, 15) is 9.59 Å². The van der Waals surface area contributed by atoms with E-state index in [1.54, 1.807) is 16.7 Å². The minimum atomic E-state index is -0.395. The fourth-order valence-electron chi connectivity index (χ4n) is 3.01. The molecule has 124 valence electrons. The summed E-state index contributed by atoms with van der Waals surface area (Å²) in [6.45, 7) is 5.11. The Balaban J connectivity index is 1.69. The molecule has 0 aromatic heterocycles. The smallest absolute Gasteiger partial charge is 0.248 e. The molecule has 0 aliphatic carbocycles. The molecule has 5 nitrogen and oxygen atoms in total. The van der Waals surface area contributed by atoms with Crippen LogP contribution >= 0.6 is 11.8 Å². The number of carbonyl (C=O) groups excluding carboxylic acids is 2. The van der Waals surface area contributed by atoms with Gasteiger partial charge in [-0.1, -0.05) is 17.7 Å². The average Bonchev–Trinajstić information content (AvgIpc) is 3.20. The number of benzene rings is 1. The predicted molar refractivity (Wildman–Crippen MR) is 91.4 cm³/mol. The molecule has 2 amide bonds. The third kappa shape index (κ3) is 3.53. The molecule has 6 heteroatoms. The van der Waals surface area contributed by atoms with E-state index in [-0.39, 0.29) is 17.7 Å². The van der Waals surface area contributed by atoms with Crippen molar-refractivity contribution in [1.82, 2.24) is 4.90 Å². The molecule has 1 aromatic carbocycles. The average molecular weight is 334 g/mol. The van der Waals surface area contributed by atoms with Gasteiger partial charge in [-0.05, 0) is 31.9 Å². The molecule has 3 rings (SSSR count). The zero-order valence-electron chi connectivity index (χ0n) is 13.5. The van der Waals surface area contributed by atoms with Gasteiger partial charge >= 0.3 is 0 Å². The Morgan fingerprint density at radius 1 is 1.35 bits per heavy atom. The monoisotopic (exact) mass is 334 g/mol. The molecule has 0 spiro atoms. The number of ether oxygens (including phenoxy) is 1. The fraction of sp³-hybridized carbons (Fsp3) is 0.529. The molecular weight excluding hydrogens is 312 g/mol. The van der Waals surface area contributed by atoms with E-state index in [4.69, 9.17) is 4.74 Å². The lowest BCUT2D eigenvalue weighted by Crippen LogP contribution is -2.47. The van der Waals surface area contributed by atoms with E-state index in [1.807, 2.05) is 32.0 Å². The second-order valence-electron chi connectivity index (χ2n) is 6.19. The molecule has 2 heterocycles. The molecule has 1 aromatic rings. The summed E-state index contributed by atoms with van der Waals surface area (Å²) in [5.41, 5.74) is 3.01. The summed E-state index contributed by atoms with van der Waals surface area (Å²) in [6.07, 6.45) is 0.755. The first-order chi connectivity index (χ1) is 11.1. The van der Waals surface area contributed by atoms with Crippen LogP contribution in [0.25, 0.3) is 0 Å². The van der Waals surface area contributed by atoms with Crippen molar-refractivity contribution in [2.75, 3.05) is 30.2 Å². The van der Waals surface area contributed by atoms with Gasteiger partial charge in [0.25, 0.3) is 0 Å². The SMILES string of the molecule is Cc1ccc(NC(=O)[C@H]2CSCN2C(=O)[C@@H]2CCOC2)c(C)c1. The summed E-state index contributed by atoms with van der Waals surface area (Å²) < 4.78 is 5.30. The van der Waals surface area contributed by atoms with Gasteiger partial charge in [0.1, 0.15) is 6.04 Å². The van der Waals surface area contributed by atoms with Crippen LogP contribution in [0.5, 0.6) is 0 Å². The molecular formula is C17H22N2O3S. The van der Waals surface area contributed by atoms with Gasteiger partial charge in [-0.25, -0.2) is 0 Å². The molecule has 0 bridgehead atoms. The van der Waals surface area contributed by atoms with Crippen LogP contribution in [0, 0.1) is 19.8 Å². The zero-order valence-corrected chi connectivity index (χ0v) is 14.3. The highest BCUT2D eigenvalue weighted by molar-refractivity contribution is 7.99. The number of nitrogens with zero attached hydrogens (tertiary/aromatic N) is 1. The first-order valence-corrected chi connectivity index (χ1v) is 9.06. The van der Waals surface area contributed by atoms with Crippen LogP contribution in [0.1, 0.15) is 17.5 Å². The van der Waals surface area contributed by atoms with Gasteiger partial charge in [0.05, 0.1) is 18.4 Å². The van der Waals surface area contributed by atoms with E-state index in [0.717, 1.165) is 23.2 Å².